The number of carbonyl (C=O) groups is 1. The molecule has 1 aliphatic rings. The highest BCUT2D eigenvalue weighted by atomic mass is 35.5. The highest BCUT2D eigenvalue weighted by Gasteiger charge is 2.19. The van der Waals surface area contributed by atoms with Gasteiger partial charge in [0.05, 0.1) is 30.3 Å². The standard InChI is InChI=1S/C18H19N7O.ClH/c26-18(16-12-25(24-23-16)15-6-8-19-9-7-15)22-14-10-20-17(21-11-14)13-4-2-1-3-5-13;/h1-5,10-12,15,19H,6-9H2,(H,22,26);1H. The van der Waals surface area contributed by atoms with E-state index in [2.05, 4.69) is 30.9 Å². The molecular formula is C18H20ClN7O. The van der Waals surface area contributed by atoms with Gasteiger partial charge in [0.1, 0.15) is 0 Å². The second-order valence-corrected chi connectivity index (χ2v) is 6.18. The van der Waals surface area contributed by atoms with Gasteiger partial charge in [-0.05, 0) is 25.9 Å². The Morgan fingerprint density at radius 1 is 1.11 bits per heavy atom. The SMILES string of the molecule is Cl.O=C(Nc1cnc(-c2ccccc2)nc1)c1cn(C2CCNCC2)nn1. The number of nitrogens with zero attached hydrogens (tertiary/aromatic N) is 5. The molecular weight excluding hydrogens is 366 g/mol. The molecule has 9 heteroatoms. The summed E-state index contributed by atoms with van der Waals surface area (Å²) in [5.74, 6) is 0.293. The second kappa shape index (κ2) is 8.70. The van der Waals surface area contributed by atoms with Crippen LogP contribution in [0.1, 0.15) is 29.4 Å². The molecule has 0 spiro atoms. The Bertz CT molecular complexity index is 876. The number of carbonyl (C=O) groups excluding carboxylic acids is 1. The van der Waals surface area contributed by atoms with Crippen molar-refractivity contribution in [1.29, 1.82) is 0 Å². The first-order valence-electron chi connectivity index (χ1n) is 8.61. The normalized spacial score (nSPS) is 14.4. The van der Waals surface area contributed by atoms with Crippen LogP contribution in [-0.4, -0.2) is 44.0 Å². The van der Waals surface area contributed by atoms with Gasteiger partial charge in [-0.3, -0.25) is 4.79 Å². The molecule has 3 heterocycles. The number of amides is 1. The average molecular weight is 386 g/mol. The quantitative estimate of drug-likeness (QED) is 0.715. The third kappa shape index (κ3) is 4.47. The molecule has 27 heavy (non-hydrogen) atoms. The highest BCUT2D eigenvalue weighted by molar-refractivity contribution is 6.02. The number of anilines is 1. The Balaban J connectivity index is 0.00000210. The van der Waals surface area contributed by atoms with E-state index in [4.69, 9.17) is 0 Å². The Kier molecular flexibility index (Phi) is 6.10. The molecule has 1 fully saturated rings. The monoisotopic (exact) mass is 385 g/mol. The van der Waals surface area contributed by atoms with Gasteiger partial charge in [-0.15, -0.1) is 17.5 Å². The Morgan fingerprint density at radius 2 is 1.81 bits per heavy atom. The molecule has 0 saturated carbocycles. The van der Waals surface area contributed by atoms with Gasteiger partial charge in [0, 0.05) is 5.56 Å². The van der Waals surface area contributed by atoms with Gasteiger partial charge in [-0.25, -0.2) is 14.6 Å². The molecule has 2 N–H and O–H groups in total. The summed E-state index contributed by atoms with van der Waals surface area (Å²) in [5.41, 5.74) is 1.73. The summed E-state index contributed by atoms with van der Waals surface area (Å²) < 4.78 is 1.78. The molecule has 8 nitrogen and oxygen atoms in total. The van der Waals surface area contributed by atoms with Crippen molar-refractivity contribution in [2.75, 3.05) is 18.4 Å². The smallest absolute Gasteiger partial charge is 0.277 e. The highest BCUT2D eigenvalue weighted by Crippen LogP contribution is 2.18. The van der Waals surface area contributed by atoms with Crippen LogP contribution in [0.4, 0.5) is 5.69 Å². The van der Waals surface area contributed by atoms with Crippen LogP contribution in [-0.2, 0) is 0 Å². The Labute approximate surface area is 162 Å². The van der Waals surface area contributed by atoms with Crippen LogP contribution in [0, 0.1) is 0 Å². The summed E-state index contributed by atoms with van der Waals surface area (Å²) in [6.07, 6.45) is 6.85. The van der Waals surface area contributed by atoms with Crippen molar-refractivity contribution in [3.8, 4) is 11.4 Å². The van der Waals surface area contributed by atoms with Crippen molar-refractivity contribution < 1.29 is 4.79 Å². The number of piperidine rings is 1. The summed E-state index contributed by atoms with van der Waals surface area (Å²) in [6, 6.07) is 9.97. The largest absolute Gasteiger partial charge is 0.318 e. The lowest BCUT2D eigenvalue weighted by atomic mass is 10.1. The molecule has 0 aliphatic carbocycles. The summed E-state index contributed by atoms with van der Waals surface area (Å²) in [5, 5.41) is 14.2. The summed E-state index contributed by atoms with van der Waals surface area (Å²) in [4.78, 5) is 21.0. The maximum atomic E-state index is 12.4. The van der Waals surface area contributed by atoms with Crippen molar-refractivity contribution in [3.63, 3.8) is 0 Å². The second-order valence-electron chi connectivity index (χ2n) is 6.18. The van der Waals surface area contributed by atoms with Gasteiger partial charge in [0.2, 0.25) is 0 Å². The molecule has 4 rings (SSSR count). The first kappa shape index (κ1) is 18.9. The summed E-state index contributed by atoms with van der Waals surface area (Å²) >= 11 is 0. The van der Waals surface area contributed by atoms with Crippen molar-refractivity contribution in [2.45, 2.75) is 18.9 Å². The van der Waals surface area contributed by atoms with E-state index in [0.29, 0.717) is 17.6 Å². The van der Waals surface area contributed by atoms with E-state index in [1.807, 2.05) is 30.3 Å². The molecule has 2 aromatic heterocycles. The first-order valence-corrected chi connectivity index (χ1v) is 8.61. The first-order chi connectivity index (χ1) is 12.8. The van der Waals surface area contributed by atoms with Crippen molar-refractivity contribution in [1.82, 2.24) is 30.3 Å². The summed E-state index contributed by atoms with van der Waals surface area (Å²) in [6.45, 7) is 1.91. The third-order valence-corrected chi connectivity index (χ3v) is 4.37. The summed E-state index contributed by atoms with van der Waals surface area (Å²) in [7, 11) is 0. The molecule has 0 atom stereocenters. The number of aromatic nitrogens is 5. The molecule has 0 unspecified atom stereocenters. The van der Waals surface area contributed by atoms with Gasteiger partial charge in [0.15, 0.2) is 11.5 Å². The number of halogens is 1. The van der Waals surface area contributed by atoms with E-state index in [0.717, 1.165) is 31.5 Å². The van der Waals surface area contributed by atoms with E-state index in [-0.39, 0.29) is 24.0 Å². The predicted octanol–water partition coefficient (Wildman–Crippen LogP) is 2.33. The van der Waals surface area contributed by atoms with Crippen LogP contribution in [0.2, 0.25) is 0 Å². The third-order valence-electron chi connectivity index (χ3n) is 4.37. The fourth-order valence-corrected chi connectivity index (χ4v) is 2.95. The van der Waals surface area contributed by atoms with Crippen LogP contribution in [0.25, 0.3) is 11.4 Å². The molecule has 140 valence electrons. The fraction of sp³-hybridized carbons (Fsp3) is 0.278. The lowest BCUT2D eigenvalue weighted by molar-refractivity contribution is 0.102. The molecule has 1 aliphatic heterocycles. The zero-order chi connectivity index (χ0) is 17.8. The van der Waals surface area contributed by atoms with Gasteiger partial charge in [-0.2, -0.15) is 0 Å². The van der Waals surface area contributed by atoms with Gasteiger partial charge in [-0.1, -0.05) is 35.5 Å². The molecule has 3 aromatic rings. The topological polar surface area (TPSA) is 97.6 Å². The number of nitrogens with one attached hydrogen (secondary N) is 2. The van der Waals surface area contributed by atoms with Crippen molar-refractivity contribution in [3.05, 3.63) is 54.6 Å². The molecule has 1 aromatic carbocycles. The minimum Gasteiger partial charge on any atom is -0.318 e. The minimum atomic E-state index is -0.318. The lowest BCUT2D eigenvalue weighted by Gasteiger charge is -2.22. The van der Waals surface area contributed by atoms with Crippen LogP contribution in [0.5, 0.6) is 0 Å². The Hall–Kier alpha value is -2.84. The van der Waals surface area contributed by atoms with Crippen molar-refractivity contribution in [2.24, 2.45) is 0 Å². The average Bonchev–Trinajstić information content (AvgIpc) is 3.20. The van der Waals surface area contributed by atoms with Gasteiger partial charge >= 0.3 is 0 Å². The number of hydrogen-bond donors (Lipinski definition) is 2. The fourth-order valence-electron chi connectivity index (χ4n) is 2.95. The van der Waals surface area contributed by atoms with E-state index >= 15 is 0 Å². The van der Waals surface area contributed by atoms with Gasteiger partial charge < -0.3 is 10.6 Å². The van der Waals surface area contributed by atoms with E-state index in [1.165, 1.54) is 0 Å². The van der Waals surface area contributed by atoms with E-state index in [9.17, 15) is 4.79 Å². The minimum absolute atomic E-state index is 0. The number of benzene rings is 1. The van der Waals surface area contributed by atoms with E-state index < -0.39 is 0 Å². The molecule has 0 bridgehead atoms. The Morgan fingerprint density at radius 3 is 2.52 bits per heavy atom. The molecule has 1 amide bonds. The number of hydrogen-bond acceptors (Lipinski definition) is 6. The van der Waals surface area contributed by atoms with Crippen LogP contribution in [0.15, 0.2) is 48.9 Å². The zero-order valence-electron chi connectivity index (χ0n) is 14.6. The predicted molar refractivity (Wildman–Crippen MR) is 104 cm³/mol. The van der Waals surface area contributed by atoms with Crippen LogP contribution in [0.3, 0.4) is 0 Å². The van der Waals surface area contributed by atoms with Crippen molar-refractivity contribution >= 4 is 24.0 Å². The maximum Gasteiger partial charge on any atom is 0.277 e. The van der Waals surface area contributed by atoms with Crippen LogP contribution < -0.4 is 10.6 Å². The lowest BCUT2D eigenvalue weighted by Crippen LogP contribution is -2.29. The maximum absolute atomic E-state index is 12.4. The van der Waals surface area contributed by atoms with Gasteiger partial charge in [0.25, 0.3) is 5.91 Å². The number of rotatable bonds is 4. The zero-order valence-corrected chi connectivity index (χ0v) is 15.4. The van der Waals surface area contributed by atoms with Crippen LogP contribution >= 0.6 is 12.4 Å². The molecule has 1 saturated heterocycles. The molecule has 0 radical (unpaired) electrons. The van der Waals surface area contributed by atoms with E-state index in [1.54, 1.807) is 23.3 Å².